The highest BCUT2D eigenvalue weighted by molar-refractivity contribution is 5.75. The van der Waals surface area contributed by atoms with Gasteiger partial charge in [-0.2, -0.15) is 0 Å². The largest absolute Gasteiger partial charge is 0.508 e. The van der Waals surface area contributed by atoms with E-state index in [2.05, 4.69) is 6.92 Å². The van der Waals surface area contributed by atoms with Crippen molar-refractivity contribution in [2.75, 3.05) is 13.1 Å². The average Bonchev–Trinajstić information content (AvgIpc) is 2.28. The Morgan fingerprint density at radius 1 is 1.41 bits per heavy atom. The van der Waals surface area contributed by atoms with Gasteiger partial charge in [0.15, 0.2) is 0 Å². The molecule has 0 saturated heterocycles. The van der Waals surface area contributed by atoms with E-state index in [0.717, 1.165) is 18.5 Å². The molecule has 0 fully saturated rings. The van der Waals surface area contributed by atoms with Gasteiger partial charge in [0, 0.05) is 6.04 Å². The van der Waals surface area contributed by atoms with E-state index < -0.39 is 0 Å². The van der Waals surface area contributed by atoms with Gasteiger partial charge in [-0.25, -0.2) is 0 Å². The van der Waals surface area contributed by atoms with Crippen LogP contribution in [0, 0.1) is 0 Å². The minimum absolute atomic E-state index is 0.247. The summed E-state index contributed by atoms with van der Waals surface area (Å²) in [6.45, 7) is 5.16. The lowest BCUT2D eigenvalue weighted by atomic mass is 10.1. The molecule has 1 rings (SSSR count). The molecule has 0 aliphatic rings. The molecule has 0 spiro atoms. The summed E-state index contributed by atoms with van der Waals surface area (Å²) in [5, 5.41) is 9.19. The molecule has 0 heterocycles. The van der Waals surface area contributed by atoms with Crippen molar-refractivity contribution in [1.82, 2.24) is 4.90 Å². The Bertz CT molecular complexity index is 362. The molecule has 94 valence electrons. The molecule has 1 unspecified atom stereocenters. The first-order chi connectivity index (χ1) is 8.02. The Morgan fingerprint density at radius 3 is 2.47 bits per heavy atom. The maximum Gasteiger partial charge on any atom is 0.231 e. The summed E-state index contributed by atoms with van der Waals surface area (Å²) in [4.78, 5) is 13.0. The molecule has 17 heavy (non-hydrogen) atoms. The molecule has 0 radical (unpaired) electrons. The number of phenolic OH excluding ortho intramolecular Hbond substituents is 1. The van der Waals surface area contributed by atoms with Crippen LogP contribution in [0.25, 0.3) is 0 Å². The summed E-state index contributed by atoms with van der Waals surface area (Å²) >= 11 is 0. The van der Waals surface area contributed by atoms with Crippen molar-refractivity contribution in [1.29, 1.82) is 0 Å². The fourth-order valence-corrected chi connectivity index (χ4v) is 1.88. The van der Waals surface area contributed by atoms with E-state index in [1.165, 1.54) is 0 Å². The zero-order valence-electron chi connectivity index (χ0n) is 10.4. The second-order valence-corrected chi connectivity index (χ2v) is 4.25. The number of nitrogens with zero attached hydrogens (tertiary/aromatic N) is 1. The van der Waals surface area contributed by atoms with Gasteiger partial charge in [-0.1, -0.05) is 19.1 Å². The average molecular weight is 236 g/mol. The summed E-state index contributed by atoms with van der Waals surface area (Å²) in [6.07, 6.45) is 0.835. The number of hydrogen-bond acceptors (Lipinski definition) is 3. The Kier molecular flexibility index (Phi) is 4.97. The van der Waals surface area contributed by atoms with E-state index in [0.29, 0.717) is 0 Å². The summed E-state index contributed by atoms with van der Waals surface area (Å²) in [5.41, 5.74) is 6.34. The van der Waals surface area contributed by atoms with Crippen LogP contribution in [0.2, 0.25) is 0 Å². The second kappa shape index (κ2) is 6.25. The number of rotatable bonds is 6. The fourth-order valence-electron chi connectivity index (χ4n) is 1.88. The van der Waals surface area contributed by atoms with E-state index in [4.69, 9.17) is 5.73 Å². The predicted molar refractivity (Wildman–Crippen MR) is 67.7 cm³/mol. The van der Waals surface area contributed by atoms with Crippen LogP contribution in [-0.4, -0.2) is 35.0 Å². The monoisotopic (exact) mass is 236 g/mol. The number of phenols is 1. The maximum atomic E-state index is 10.9. The molecule has 3 N–H and O–H groups in total. The summed E-state index contributed by atoms with van der Waals surface area (Å²) in [7, 11) is 0. The first kappa shape index (κ1) is 13.5. The predicted octanol–water partition coefficient (Wildman–Crippen LogP) is 1.13. The number of aromatic hydroxyl groups is 1. The van der Waals surface area contributed by atoms with Crippen molar-refractivity contribution in [2.45, 2.75) is 26.3 Å². The normalized spacial score (nSPS) is 12.6. The van der Waals surface area contributed by atoms with E-state index in [-0.39, 0.29) is 24.2 Å². The fraction of sp³-hybridized carbons (Fsp3) is 0.462. The number of benzene rings is 1. The number of primary amides is 1. The minimum Gasteiger partial charge on any atom is -0.508 e. The lowest BCUT2D eigenvalue weighted by Gasteiger charge is -2.26. The van der Waals surface area contributed by atoms with E-state index >= 15 is 0 Å². The number of nitrogens with two attached hydrogens (primary N) is 1. The van der Waals surface area contributed by atoms with Crippen LogP contribution >= 0.6 is 0 Å². The quantitative estimate of drug-likeness (QED) is 0.778. The number of hydrogen-bond donors (Lipinski definition) is 2. The second-order valence-electron chi connectivity index (χ2n) is 4.25. The van der Waals surface area contributed by atoms with Gasteiger partial charge in [0.05, 0.1) is 6.54 Å². The van der Waals surface area contributed by atoms with E-state index in [1.54, 1.807) is 12.1 Å². The van der Waals surface area contributed by atoms with Crippen LogP contribution in [0.5, 0.6) is 5.75 Å². The number of likely N-dealkylation sites (N-methyl/N-ethyl adjacent to an activating group) is 1. The number of carbonyl (C=O) groups excluding carboxylic acids is 1. The van der Waals surface area contributed by atoms with Crippen molar-refractivity contribution in [3.63, 3.8) is 0 Å². The Morgan fingerprint density at radius 2 is 2.00 bits per heavy atom. The smallest absolute Gasteiger partial charge is 0.231 e. The molecule has 4 heteroatoms. The standard InChI is InChI=1S/C13H20N2O2/c1-3-15(9-13(14)17)10(2)8-11-4-6-12(16)7-5-11/h4-7,10,16H,3,8-9H2,1-2H3,(H2,14,17). The van der Waals surface area contributed by atoms with E-state index in [9.17, 15) is 9.90 Å². The van der Waals surface area contributed by atoms with Gasteiger partial charge in [-0.3, -0.25) is 9.69 Å². The van der Waals surface area contributed by atoms with Crippen LogP contribution < -0.4 is 5.73 Å². The first-order valence-corrected chi connectivity index (χ1v) is 5.83. The highest BCUT2D eigenvalue weighted by Crippen LogP contribution is 2.13. The van der Waals surface area contributed by atoms with Gasteiger partial charge in [0.2, 0.25) is 5.91 Å². The SMILES string of the molecule is CCN(CC(N)=O)C(C)Cc1ccc(O)cc1. The molecule has 0 bridgehead atoms. The zero-order valence-corrected chi connectivity index (χ0v) is 10.4. The van der Waals surface area contributed by atoms with Crippen LogP contribution in [-0.2, 0) is 11.2 Å². The summed E-state index contributed by atoms with van der Waals surface area (Å²) < 4.78 is 0. The lowest BCUT2D eigenvalue weighted by molar-refractivity contribution is -0.119. The van der Waals surface area contributed by atoms with Gasteiger partial charge < -0.3 is 10.8 Å². The van der Waals surface area contributed by atoms with Gasteiger partial charge in [0.25, 0.3) is 0 Å². The minimum atomic E-state index is -0.301. The molecule has 1 aromatic rings. The lowest BCUT2D eigenvalue weighted by Crippen LogP contribution is -2.40. The number of carbonyl (C=O) groups is 1. The van der Waals surface area contributed by atoms with Crippen LogP contribution in [0.3, 0.4) is 0 Å². The van der Waals surface area contributed by atoms with Gasteiger partial charge in [-0.15, -0.1) is 0 Å². The third-order valence-corrected chi connectivity index (χ3v) is 2.86. The van der Waals surface area contributed by atoms with Gasteiger partial charge >= 0.3 is 0 Å². The molecule has 1 atom stereocenters. The topological polar surface area (TPSA) is 66.6 Å². The molecule has 0 saturated carbocycles. The highest BCUT2D eigenvalue weighted by Gasteiger charge is 2.14. The Labute approximate surface area is 102 Å². The molecular weight excluding hydrogens is 216 g/mol. The van der Waals surface area contributed by atoms with Crippen LogP contribution in [0.1, 0.15) is 19.4 Å². The first-order valence-electron chi connectivity index (χ1n) is 5.83. The summed E-state index contributed by atoms with van der Waals surface area (Å²) in [6, 6.07) is 7.38. The molecular formula is C13H20N2O2. The van der Waals surface area contributed by atoms with Crippen molar-refractivity contribution < 1.29 is 9.90 Å². The maximum absolute atomic E-state index is 10.9. The third kappa shape index (κ3) is 4.44. The Balaban J connectivity index is 2.60. The van der Waals surface area contributed by atoms with Crippen LogP contribution in [0.15, 0.2) is 24.3 Å². The van der Waals surface area contributed by atoms with Crippen molar-refractivity contribution in [3.05, 3.63) is 29.8 Å². The van der Waals surface area contributed by atoms with Crippen molar-refractivity contribution in [2.24, 2.45) is 5.73 Å². The van der Waals surface area contributed by atoms with Crippen molar-refractivity contribution >= 4 is 5.91 Å². The summed E-state index contributed by atoms with van der Waals surface area (Å²) in [5.74, 6) is -0.0321. The van der Waals surface area contributed by atoms with Crippen LogP contribution in [0.4, 0.5) is 0 Å². The van der Waals surface area contributed by atoms with Gasteiger partial charge in [0.1, 0.15) is 5.75 Å². The molecule has 1 amide bonds. The Hall–Kier alpha value is -1.55. The third-order valence-electron chi connectivity index (χ3n) is 2.86. The highest BCUT2D eigenvalue weighted by atomic mass is 16.3. The van der Waals surface area contributed by atoms with Gasteiger partial charge in [-0.05, 0) is 37.6 Å². The number of amides is 1. The molecule has 4 nitrogen and oxygen atoms in total. The zero-order chi connectivity index (χ0) is 12.8. The molecule has 0 aromatic heterocycles. The molecule has 0 aliphatic carbocycles. The molecule has 0 aliphatic heterocycles. The van der Waals surface area contributed by atoms with Crippen molar-refractivity contribution in [3.8, 4) is 5.75 Å². The van der Waals surface area contributed by atoms with E-state index in [1.807, 2.05) is 24.0 Å². The molecule has 1 aromatic carbocycles.